The van der Waals surface area contributed by atoms with Gasteiger partial charge in [-0.05, 0) is 6.92 Å². The summed E-state index contributed by atoms with van der Waals surface area (Å²) in [7, 11) is 0. The van der Waals surface area contributed by atoms with E-state index in [1.54, 1.807) is 0 Å². The number of nitrogens with one attached hydrogen (secondary N) is 1. The Labute approximate surface area is 179 Å². The van der Waals surface area contributed by atoms with Crippen LogP contribution in [0, 0.1) is 0 Å². The Balaban J connectivity index is 2.99. The topological polar surface area (TPSA) is 123 Å². The molecular formula is C19H39NO10. The van der Waals surface area contributed by atoms with Gasteiger partial charge in [0.15, 0.2) is 0 Å². The molecule has 0 heterocycles. The predicted octanol–water partition coefficient (Wildman–Crippen LogP) is 0.407. The minimum atomic E-state index is -1.06. The third-order valence-electron chi connectivity index (χ3n) is 3.33. The minimum absolute atomic E-state index is 0.266. The first-order valence-electron chi connectivity index (χ1n) is 10.4. The van der Waals surface area contributed by atoms with Crippen LogP contribution in [0.15, 0.2) is 0 Å². The van der Waals surface area contributed by atoms with Gasteiger partial charge in [0.25, 0.3) is 0 Å². The van der Waals surface area contributed by atoms with E-state index in [1.165, 1.54) is 0 Å². The molecule has 0 saturated heterocycles. The fourth-order valence-corrected chi connectivity index (χ4v) is 1.91. The number of rotatable bonds is 25. The zero-order chi connectivity index (χ0) is 22.0. The predicted molar refractivity (Wildman–Crippen MR) is 108 cm³/mol. The van der Waals surface area contributed by atoms with Crippen LogP contribution >= 0.6 is 0 Å². The molecule has 1 amide bonds. The Morgan fingerprint density at radius 1 is 0.533 bits per heavy atom. The SMILES string of the molecule is CCOCCOCCOCCOCCOCCOCCOCCOCCNC(=O)O. The molecule has 0 aromatic rings. The molecule has 0 saturated carbocycles. The molecule has 30 heavy (non-hydrogen) atoms. The summed E-state index contributed by atoms with van der Waals surface area (Å²) in [5.41, 5.74) is 0. The maximum Gasteiger partial charge on any atom is 0.404 e. The van der Waals surface area contributed by atoms with Crippen molar-refractivity contribution in [3.05, 3.63) is 0 Å². The van der Waals surface area contributed by atoms with Crippen LogP contribution in [0.1, 0.15) is 6.92 Å². The minimum Gasteiger partial charge on any atom is -0.465 e. The standard InChI is InChI=1S/C19H39NO10/c1-2-23-5-6-25-9-10-27-13-14-29-17-18-30-16-15-28-12-11-26-8-7-24-4-3-20-19(21)22/h20H,2-18H2,1H3,(H,21,22). The Morgan fingerprint density at radius 2 is 0.800 bits per heavy atom. The molecule has 11 nitrogen and oxygen atoms in total. The number of hydrogen-bond acceptors (Lipinski definition) is 9. The number of amides is 1. The first kappa shape index (κ1) is 28.9. The van der Waals surface area contributed by atoms with E-state index in [0.29, 0.717) is 106 Å². The van der Waals surface area contributed by atoms with Gasteiger partial charge in [0.1, 0.15) is 0 Å². The average Bonchev–Trinajstić information content (AvgIpc) is 2.73. The van der Waals surface area contributed by atoms with Gasteiger partial charge in [-0.15, -0.1) is 0 Å². The van der Waals surface area contributed by atoms with Gasteiger partial charge in [-0.2, -0.15) is 0 Å². The summed E-state index contributed by atoms with van der Waals surface area (Å²) in [6.45, 7) is 10.4. The van der Waals surface area contributed by atoms with Crippen LogP contribution in [0.4, 0.5) is 4.79 Å². The van der Waals surface area contributed by atoms with E-state index < -0.39 is 6.09 Å². The summed E-state index contributed by atoms with van der Waals surface area (Å²) < 4.78 is 42.5. The van der Waals surface area contributed by atoms with Crippen LogP contribution < -0.4 is 5.32 Å². The Hall–Kier alpha value is -1.05. The van der Waals surface area contributed by atoms with E-state index in [0.717, 1.165) is 0 Å². The van der Waals surface area contributed by atoms with Gasteiger partial charge in [-0.25, -0.2) is 4.79 Å². The van der Waals surface area contributed by atoms with Crippen LogP contribution in [0.2, 0.25) is 0 Å². The Bertz CT molecular complexity index is 349. The van der Waals surface area contributed by atoms with Gasteiger partial charge >= 0.3 is 6.09 Å². The summed E-state index contributed by atoms with van der Waals surface area (Å²) in [4.78, 5) is 10.2. The summed E-state index contributed by atoms with van der Waals surface area (Å²) in [5, 5.41) is 10.6. The van der Waals surface area contributed by atoms with Gasteiger partial charge in [0, 0.05) is 13.2 Å². The molecule has 180 valence electrons. The number of carboxylic acid groups (broad SMARTS) is 1. The van der Waals surface area contributed by atoms with E-state index >= 15 is 0 Å². The van der Waals surface area contributed by atoms with E-state index in [-0.39, 0.29) is 6.54 Å². The lowest BCUT2D eigenvalue weighted by atomic mass is 10.6. The second kappa shape index (κ2) is 26.0. The van der Waals surface area contributed by atoms with Gasteiger partial charge in [0.05, 0.1) is 99.1 Å². The zero-order valence-corrected chi connectivity index (χ0v) is 18.1. The Kier molecular flexibility index (Phi) is 25.1. The molecule has 11 heteroatoms. The summed E-state index contributed by atoms with van der Waals surface area (Å²) in [5.74, 6) is 0. The lowest BCUT2D eigenvalue weighted by Gasteiger charge is -2.08. The van der Waals surface area contributed by atoms with Crippen molar-refractivity contribution in [2.45, 2.75) is 6.92 Å². The van der Waals surface area contributed by atoms with Crippen molar-refractivity contribution in [1.82, 2.24) is 5.32 Å². The molecule has 0 rings (SSSR count). The second-order valence-corrected chi connectivity index (χ2v) is 5.72. The van der Waals surface area contributed by atoms with Crippen molar-refractivity contribution in [2.24, 2.45) is 0 Å². The first-order chi connectivity index (χ1) is 14.8. The molecule has 0 spiro atoms. The van der Waals surface area contributed by atoms with Crippen LogP contribution in [0.3, 0.4) is 0 Å². The van der Waals surface area contributed by atoms with Gasteiger partial charge in [-0.1, -0.05) is 0 Å². The van der Waals surface area contributed by atoms with Crippen molar-refractivity contribution >= 4 is 6.09 Å². The van der Waals surface area contributed by atoms with E-state index in [9.17, 15) is 4.79 Å². The van der Waals surface area contributed by atoms with Crippen molar-refractivity contribution in [3.8, 4) is 0 Å². The third-order valence-corrected chi connectivity index (χ3v) is 3.33. The average molecular weight is 442 g/mol. The highest BCUT2D eigenvalue weighted by Crippen LogP contribution is 1.85. The number of carbonyl (C=O) groups is 1. The van der Waals surface area contributed by atoms with Crippen molar-refractivity contribution in [3.63, 3.8) is 0 Å². The molecule has 0 fully saturated rings. The molecule has 0 radical (unpaired) electrons. The highest BCUT2D eigenvalue weighted by Gasteiger charge is 1.95. The van der Waals surface area contributed by atoms with Gasteiger partial charge in [0.2, 0.25) is 0 Å². The van der Waals surface area contributed by atoms with E-state index in [1.807, 2.05) is 6.92 Å². The van der Waals surface area contributed by atoms with Crippen molar-refractivity contribution < 1.29 is 47.8 Å². The third kappa shape index (κ3) is 27.0. The smallest absolute Gasteiger partial charge is 0.404 e. The highest BCUT2D eigenvalue weighted by atomic mass is 16.6. The fourth-order valence-electron chi connectivity index (χ4n) is 1.91. The van der Waals surface area contributed by atoms with Crippen molar-refractivity contribution in [2.75, 3.05) is 112 Å². The first-order valence-corrected chi connectivity index (χ1v) is 10.4. The monoisotopic (exact) mass is 441 g/mol. The zero-order valence-electron chi connectivity index (χ0n) is 18.1. The molecule has 0 aliphatic rings. The van der Waals surface area contributed by atoms with Crippen LogP contribution in [-0.4, -0.2) is 123 Å². The molecule has 2 N–H and O–H groups in total. The molecule has 0 aromatic heterocycles. The second-order valence-electron chi connectivity index (χ2n) is 5.72. The maximum absolute atomic E-state index is 10.2. The van der Waals surface area contributed by atoms with Crippen LogP contribution in [0.25, 0.3) is 0 Å². The summed E-state index contributed by atoms with van der Waals surface area (Å²) in [6, 6.07) is 0. The normalized spacial score (nSPS) is 11.1. The summed E-state index contributed by atoms with van der Waals surface area (Å²) in [6.07, 6.45) is -1.06. The van der Waals surface area contributed by atoms with Crippen LogP contribution in [-0.2, 0) is 37.9 Å². The quantitative estimate of drug-likeness (QED) is 0.193. The molecule has 0 atom stereocenters. The summed E-state index contributed by atoms with van der Waals surface area (Å²) >= 11 is 0. The van der Waals surface area contributed by atoms with Crippen molar-refractivity contribution in [1.29, 1.82) is 0 Å². The van der Waals surface area contributed by atoms with Crippen LogP contribution in [0.5, 0.6) is 0 Å². The van der Waals surface area contributed by atoms with Gasteiger partial charge in [-0.3, -0.25) is 0 Å². The highest BCUT2D eigenvalue weighted by molar-refractivity contribution is 5.64. The molecule has 0 aromatic carbocycles. The molecule has 0 unspecified atom stereocenters. The molecular weight excluding hydrogens is 402 g/mol. The lowest BCUT2D eigenvalue weighted by Crippen LogP contribution is -2.25. The lowest BCUT2D eigenvalue weighted by molar-refractivity contribution is -0.0227. The van der Waals surface area contributed by atoms with E-state index in [4.69, 9.17) is 43.0 Å². The Morgan fingerprint density at radius 3 is 1.07 bits per heavy atom. The maximum atomic E-state index is 10.2. The molecule has 0 bridgehead atoms. The molecule has 0 aliphatic heterocycles. The number of hydrogen-bond donors (Lipinski definition) is 2. The largest absolute Gasteiger partial charge is 0.465 e. The molecule has 0 aliphatic carbocycles. The van der Waals surface area contributed by atoms with Gasteiger partial charge < -0.3 is 48.3 Å². The van der Waals surface area contributed by atoms with E-state index in [2.05, 4.69) is 5.32 Å². The fraction of sp³-hybridized carbons (Fsp3) is 0.947. The number of ether oxygens (including phenoxy) is 8.